The number of para-hydroxylation sites is 1. The minimum Gasteiger partial charge on any atom is -0.493 e. The van der Waals surface area contributed by atoms with Crippen LogP contribution in [0.25, 0.3) is 6.08 Å². The first-order chi connectivity index (χ1) is 13.0. The summed E-state index contributed by atoms with van der Waals surface area (Å²) in [5.74, 6) is 0.627. The summed E-state index contributed by atoms with van der Waals surface area (Å²) >= 11 is 0. The number of rotatable bonds is 8. The molecular weight excluding hydrogens is 344 g/mol. The van der Waals surface area contributed by atoms with Gasteiger partial charge >= 0.3 is 5.97 Å². The van der Waals surface area contributed by atoms with E-state index in [2.05, 4.69) is 13.8 Å². The Labute approximate surface area is 159 Å². The minimum absolute atomic E-state index is 0.244. The molecule has 0 aliphatic rings. The molecule has 2 rings (SSSR count). The third kappa shape index (κ3) is 5.45. The fourth-order valence-electron chi connectivity index (χ4n) is 2.52. The van der Waals surface area contributed by atoms with Crippen molar-refractivity contribution in [3.8, 4) is 11.5 Å². The van der Waals surface area contributed by atoms with Crippen LogP contribution in [0.4, 0.5) is 0 Å². The second-order valence-corrected chi connectivity index (χ2v) is 6.22. The van der Waals surface area contributed by atoms with Crippen LogP contribution in [0, 0.1) is 0 Å². The molecule has 0 bridgehead atoms. The van der Waals surface area contributed by atoms with Crippen molar-refractivity contribution in [2.75, 3.05) is 20.8 Å². The number of methoxy groups -OCH3 is 2. The van der Waals surface area contributed by atoms with Crippen molar-refractivity contribution in [1.29, 1.82) is 0 Å². The van der Waals surface area contributed by atoms with Gasteiger partial charge in [-0.1, -0.05) is 50.2 Å². The van der Waals surface area contributed by atoms with E-state index in [1.807, 2.05) is 12.1 Å². The molecule has 142 valence electrons. The van der Waals surface area contributed by atoms with Crippen LogP contribution < -0.4 is 9.47 Å². The standard InChI is InChI=1S/C22H24O5/c1-15(2)16-8-10-17(11-9-16)19(23)14-27-21(24)13-12-18-6-5-7-20(25-3)22(18)26-4/h5-13,15H,14H2,1-4H3/b13-12+. The van der Waals surface area contributed by atoms with Crippen LogP contribution in [0.3, 0.4) is 0 Å². The second-order valence-electron chi connectivity index (χ2n) is 6.22. The zero-order valence-corrected chi connectivity index (χ0v) is 16.0. The van der Waals surface area contributed by atoms with E-state index in [9.17, 15) is 9.59 Å². The van der Waals surface area contributed by atoms with E-state index in [4.69, 9.17) is 14.2 Å². The highest BCUT2D eigenvalue weighted by Crippen LogP contribution is 2.31. The molecule has 0 radical (unpaired) electrons. The number of ketones is 1. The van der Waals surface area contributed by atoms with E-state index in [-0.39, 0.29) is 12.4 Å². The van der Waals surface area contributed by atoms with E-state index in [0.29, 0.717) is 28.5 Å². The maximum absolute atomic E-state index is 12.2. The van der Waals surface area contributed by atoms with Crippen molar-refractivity contribution in [1.82, 2.24) is 0 Å². The largest absolute Gasteiger partial charge is 0.493 e. The lowest BCUT2D eigenvalue weighted by Crippen LogP contribution is -2.12. The fraction of sp³-hybridized carbons (Fsp3) is 0.273. The first kappa shape index (κ1) is 20.2. The highest BCUT2D eigenvalue weighted by molar-refractivity contribution is 5.99. The molecule has 0 spiro atoms. The maximum atomic E-state index is 12.2. The molecule has 0 amide bonds. The number of esters is 1. The van der Waals surface area contributed by atoms with Gasteiger partial charge in [0.05, 0.1) is 14.2 Å². The molecule has 0 aliphatic heterocycles. The normalized spacial score (nSPS) is 10.9. The topological polar surface area (TPSA) is 61.8 Å². The maximum Gasteiger partial charge on any atom is 0.331 e. The van der Waals surface area contributed by atoms with E-state index in [0.717, 1.165) is 5.56 Å². The van der Waals surface area contributed by atoms with Gasteiger partial charge in [-0.15, -0.1) is 0 Å². The number of ether oxygens (including phenoxy) is 3. The van der Waals surface area contributed by atoms with Gasteiger partial charge in [-0.05, 0) is 23.6 Å². The Bertz CT molecular complexity index is 819. The van der Waals surface area contributed by atoms with Gasteiger partial charge in [0.25, 0.3) is 0 Å². The summed E-state index contributed by atoms with van der Waals surface area (Å²) in [6.07, 6.45) is 2.82. The monoisotopic (exact) mass is 368 g/mol. The average molecular weight is 368 g/mol. The molecule has 2 aromatic rings. The van der Waals surface area contributed by atoms with Crippen LogP contribution in [0.2, 0.25) is 0 Å². The Morgan fingerprint density at radius 1 is 1.00 bits per heavy atom. The number of hydrogen-bond acceptors (Lipinski definition) is 5. The van der Waals surface area contributed by atoms with Gasteiger partial charge in [-0.25, -0.2) is 4.79 Å². The van der Waals surface area contributed by atoms with E-state index < -0.39 is 5.97 Å². The second kappa shape index (κ2) is 9.57. The SMILES string of the molecule is COc1cccc(/C=C/C(=O)OCC(=O)c2ccc(C(C)C)cc2)c1OC. The first-order valence-electron chi connectivity index (χ1n) is 8.65. The molecule has 27 heavy (non-hydrogen) atoms. The summed E-state index contributed by atoms with van der Waals surface area (Å²) in [7, 11) is 3.07. The zero-order valence-electron chi connectivity index (χ0n) is 16.0. The van der Waals surface area contributed by atoms with Gasteiger partial charge in [-0.2, -0.15) is 0 Å². The average Bonchev–Trinajstić information content (AvgIpc) is 2.69. The molecule has 0 fully saturated rings. The third-order valence-electron chi connectivity index (χ3n) is 4.08. The number of Topliss-reactive ketones (excluding diaryl/α,β-unsaturated/α-hetero) is 1. The van der Waals surface area contributed by atoms with Crippen LogP contribution in [-0.4, -0.2) is 32.6 Å². The Morgan fingerprint density at radius 2 is 1.70 bits per heavy atom. The highest BCUT2D eigenvalue weighted by atomic mass is 16.5. The quantitative estimate of drug-likeness (QED) is 0.396. The number of carbonyl (C=O) groups is 2. The zero-order chi connectivity index (χ0) is 19.8. The van der Waals surface area contributed by atoms with E-state index in [1.165, 1.54) is 13.2 Å². The molecule has 0 N–H and O–H groups in total. The first-order valence-corrected chi connectivity index (χ1v) is 8.65. The van der Waals surface area contributed by atoms with Crippen molar-refractivity contribution >= 4 is 17.8 Å². The molecule has 0 atom stereocenters. The molecule has 5 heteroatoms. The molecule has 0 saturated heterocycles. The summed E-state index contributed by atoms with van der Waals surface area (Å²) < 4.78 is 15.6. The summed E-state index contributed by atoms with van der Waals surface area (Å²) in [4.78, 5) is 24.1. The Kier molecular flexibility index (Phi) is 7.17. The number of benzene rings is 2. The Hall–Kier alpha value is -3.08. The molecule has 0 aliphatic carbocycles. The van der Waals surface area contributed by atoms with Gasteiger partial charge in [0.15, 0.2) is 23.9 Å². The Balaban J connectivity index is 1.96. The molecule has 2 aromatic carbocycles. The van der Waals surface area contributed by atoms with Gasteiger partial charge in [-0.3, -0.25) is 4.79 Å². The van der Waals surface area contributed by atoms with Gasteiger partial charge in [0.1, 0.15) is 0 Å². The van der Waals surface area contributed by atoms with E-state index >= 15 is 0 Å². The van der Waals surface area contributed by atoms with Crippen LogP contribution in [0.15, 0.2) is 48.5 Å². The summed E-state index contributed by atoms with van der Waals surface area (Å²) in [6, 6.07) is 12.7. The highest BCUT2D eigenvalue weighted by Gasteiger charge is 2.10. The summed E-state index contributed by atoms with van der Waals surface area (Å²) in [5, 5.41) is 0. The molecule has 0 heterocycles. The molecule has 0 aromatic heterocycles. The van der Waals surface area contributed by atoms with E-state index in [1.54, 1.807) is 43.5 Å². The summed E-state index contributed by atoms with van der Waals surface area (Å²) in [6.45, 7) is 3.87. The lowest BCUT2D eigenvalue weighted by Gasteiger charge is -2.09. The Morgan fingerprint density at radius 3 is 2.30 bits per heavy atom. The molecule has 5 nitrogen and oxygen atoms in total. The van der Waals surface area contributed by atoms with Crippen molar-refractivity contribution < 1.29 is 23.8 Å². The number of hydrogen-bond donors (Lipinski definition) is 0. The summed E-state index contributed by atoms with van der Waals surface area (Å²) in [5.41, 5.74) is 2.34. The molecule has 0 unspecified atom stereocenters. The predicted octanol–water partition coefficient (Wildman–Crippen LogP) is 4.27. The van der Waals surface area contributed by atoms with Crippen LogP contribution >= 0.6 is 0 Å². The van der Waals surface area contributed by atoms with Crippen LogP contribution in [0.1, 0.15) is 41.3 Å². The lowest BCUT2D eigenvalue weighted by atomic mass is 10.0. The third-order valence-corrected chi connectivity index (χ3v) is 4.08. The van der Waals surface area contributed by atoms with Gasteiger partial charge in [0.2, 0.25) is 0 Å². The van der Waals surface area contributed by atoms with Crippen molar-refractivity contribution in [3.05, 3.63) is 65.2 Å². The van der Waals surface area contributed by atoms with Crippen molar-refractivity contribution in [3.63, 3.8) is 0 Å². The fourth-order valence-corrected chi connectivity index (χ4v) is 2.52. The van der Waals surface area contributed by atoms with Gasteiger partial charge in [0, 0.05) is 17.2 Å². The smallest absolute Gasteiger partial charge is 0.331 e. The lowest BCUT2D eigenvalue weighted by molar-refractivity contribution is -0.136. The van der Waals surface area contributed by atoms with Crippen molar-refractivity contribution in [2.45, 2.75) is 19.8 Å². The van der Waals surface area contributed by atoms with Crippen LogP contribution in [-0.2, 0) is 9.53 Å². The predicted molar refractivity (Wildman–Crippen MR) is 104 cm³/mol. The van der Waals surface area contributed by atoms with Crippen molar-refractivity contribution in [2.24, 2.45) is 0 Å². The molecule has 0 saturated carbocycles. The van der Waals surface area contributed by atoms with Gasteiger partial charge < -0.3 is 14.2 Å². The van der Waals surface area contributed by atoms with Crippen LogP contribution in [0.5, 0.6) is 11.5 Å². The minimum atomic E-state index is -0.605. The molecular formula is C22H24O5. The number of carbonyl (C=O) groups excluding carboxylic acids is 2.